The summed E-state index contributed by atoms with van der Waals surface area (Å²) in [6, 6.07) is 12.1. The summed E-state index contributed by atoms with van der Waals surface area (Å²) in [5, 5.41) is 27.1. The van der Waals surface area contributed by atoms with Crippen molar-refractivity contribution < 1.29 is 19.4 Å². The number of nitrogens with zero attached hydrogens (tertiary/aromatic N) is 2. The van der Waals surface area contributed by atoms with Crippen molar-refractivity contribution in [1.82, 2.24) is 10.6 Å². The van der Waals surface area contributed by atoms with Crippen LogP contribution in [-0.2, 0) is 9.59 Å². The zero-order chi connectivity index (χ0) is 25.5. The molecule has 2 N–H and O–H groups in total. The summed E-state index contributed by atoms with van der Waals surface area (Å²) in [4.78, 5) is 44.3. The predicted molar refractivity (Wildman–Crippen MR) is 133 cm³/mol. The molecule has 0 atom stereocenters. The third-order valence-corrected chi connectivity index (χ3v) is 4.97. The molecule has 0 aliphatic heterocycles. The molecule has 0 heterocycles. The summed E-state index contributed by atoms with van der Waals surface area (Å²) in [5.74, 6) is -0.505. The second-order valence-electron chi connectivity index (χ2n) is 7.72. The van der Waals surface area contributed by atoms with Gasteiger partial charge in [0.1, 0.15) is 0 Å². The lowest BCUT2D eigenvalue weighted by atomic mass is 10.1. The standard InChI is InChI=1S/C25H28N4O6/c30-24(14-12-20-8-6-10-22(18-20)28(32)33)26-16-4-2-1-3-5-17-27-25(31)15-13-21-9-7-11-23(19-21)29(34)35/h6-15,18-19H,1-5,16-17H2,(H,26,30)(H,27,31). The van der Waals surface area contributed by atoms with Crippen LogP contribution in [0.3, 0.4) is 0 Å². The van der Waals surface area contributed by atoms with E-state index in [0.29, 0.717) is 24.2 Å². The molecular formula is C25H28N4O6. The minimum Gasteiger partial charge on any atom is -0.353 e. The van der Waals surface area contributed by atoms with E-state index in [1.807, 2.05) is 0 Å². The van der Waals surface area contributed by atoms with Crippen molar-refractivity contribution in [3.63, 3.8) is 0 Å². The Labute approximate surface area is 203 Å². The summed E-state index contributed by atoms with van der Waals surface area (Å²) in [7, 11) is 0. The van der Waals surface area contributed by atoms with Crippen LogP contribution in [0.5, 0.6) is 0 Å². The second-order valence-corrected chi connectivity index (χ2v) is 7.72. The van der Waals surface area contributed by atoms with Crippen LogP contribution in [0.1, 0.15) is 43.2 Å². The fraction of sp³-hybridized carbons (Fsp3) is 0.280. The normalized spacial score (nSPS) is 11.0. The minimum atomic E-state index is -0.481. The molecule has 2 amide bonds. The van der Waals surface area contributed by atoms with Crippen LogP contribution in [-0.4, -0.2) is 34.8 Å². The molecule has 10 nitrogen and oxygen atoms in total. The smallest absolute Gasteiger partial charge is 0.270 e. The van der Waals surface area contributed by atoms with Gasteiger partial charge >= 0.3 is 0 Å². The second kappa shape index (κ2) is 14.7. The van der Waals surface area contributed by atoms with E-state index in [-0.39, 0.29) is 23.2 Å². The number of nitrogens with one attached hydrogen (secondary N) is 2. The molecule has 35 heavy (non-hydrogen) atoms. The summed E-state index contributed by atoms with van der Waals surface area (Å²) in [6.45, 7) is 1.08. The van der Waals surface area contributed by atoms with Crippen molar-refractivity contribution in [2.45, 2.75) is 32.1 Å². The Bertz CT molecular complexity index is 1010. The Hall–Kier alpha value is -4.34. The van der Waals surface area contributed by atoms with Crippen LogP contribution in [0, 0.1) is 20.2 Å². The molecule has 2 aromatic rings. The first-order valence-electron chi connectivity index (χ1n) is 11.3. The highest BCUT2D eigenvalue weighted by Crippen LogP contribution is 2.15. The molecule has 0 unspecified atom stereocenters. The third-order valence-electron chi connectivity index (χ3n) is 4.97. The first kappa shape index (κ1) is 26.9. The number of nitro benzene ring substituents is 2. The van der Waals surface area contributed by atoms with Gasteiger partial charge in [-0.25, -0.2) is 0 Å². The molecular weight excluding hydrogens is 452 g/mol. The number of benzene rings is 2. The zero-order valence-electron chi connectivity index (χ0n) is 19.2. The van der Waals surface area contributed by atoms with Crippen LogP contribution in [0.25, 0.3) is 12.2 Å². The van der Waals surface area contributed by atoms with E-state index in [0.717, 1.165) is 32.1 Å². The lowest BCUT2D eigenvalue weighted by Gasteiger charge is -2.04. The lowest BCUT2D eigenvalue weighted by molar-refractivity contribution is -0.385. The monoisotopic (exact) mass is 480 g/mol. The Morgan fingerprint density at radius 3 is 1.49 bits per heavy atom. The largest absolute Gasteiger partial charge is 0.353 e. The van der Waals surface area contributed by atoms with Crippen LogP contribution in [0.2, 0.25) is 0 Å². The van der Waals surface area contributed by atoms with E-state index in [1.165, 1.54) is 48.6 Å². The number of nitro groups is 2. The molecule has 0 radical (unpaired) electrons. The van der Waals surface area contributed by atoms with Crippen LogP contribution in [0.4, 0.5) is 11.4 Å². The van der Waals surface area contributed by atoms with E-state index in [2.05, 4.69) is 10.6 Å². The molecule has 0 saturated carbocycles. The SMILES string of the molecule is O=C(C=Cc1cccc([N+](=O)[O-])c1)NCCCCCCCNC(=O)C=Cc1cccc([N+](=O)[O-])c1. The highest BCUT2D eigenvalue weighted by Gasteiger charge is 2.05. The van der Waals surface area contributed by atoms with E-state index >= 15 is 0 Å². The van der Waals surface area contributed by atoms with Gasteiger partial charge < -0.3 is 10.6 Å². The van der Waals surface area contributed by atoms with Gasteiger partial charge in [0.2, 0.25) is 11.8 Å². The summed E-state index contributed by atoms with van der Waals surface area (Å²) in [5.41, 5.74) is 1.12. The molecule has 0 aliphatic carbocycles. The Kier molecular flexibility index (Phi) is 11.3. The van der Waals surface area contributed by atoms with Crippen molar-refractivity contribution in [2.24, 2.45) is 0 Å². The first-order chi connectivity index (χ1) is 16.8. The Morgan fingerprint density at radius 2 is 1.09 bits per heavy atom. The fourth-order valence-electron chi connectivity index (χ4n) is 3.15. The quantitative estimate of drug-likeness (QED) is 0.177. The Balaban J connectivity index is 1.52. The van der Waals surface area contributed by atoms with Crippen molar-refractivity contribution in [3.8, 4) is 0 Å². The van der Waals surface area contributed by atoms with Gasteiger partial charge in [0.05, 0.1) is 9.85 Å². The predicted octanol–water partition coefficient (Wildman–Crippen LogP) is 4.41. The van der Waals surface area contributed by atoms with Gasteiger partial charge in [-0.3, -0.25) is 29.8 Å². The van der Waals surface area contributed by atoms with Crippen molar-refractivity contribution in [3.05, 3.63) is 92.0 Å². The van der Waals surface area contributed by atoms with Crippen molar-refractivity contribution in [1.29, 1.82) is 0 Å². The minimum absolute atomic E-state index is 0.0240. The molecule has 0 aromatic heterocycles. The maximum absolute atomic E-state index is 11.9. The average Bonchev–Trinajstić information content (AvgIpc) is 2.85. The van der Waals surface area contributed by atoms with E-state index < -0.39 is 9.85 Å². The average molecular weight is 481 g/mol. The third kappa shape index (κ3) is 10.9. The fourth-order valence-corrected chi connectivity index (χ4v) is 3.15. The maximum Gasteiger partial charge on any atom is 0.270 e. The molecule has 184 valence electrons. The van der Waals surface area contributed by atoms with Crippen LogP contribution < -0.4 is 10.6 Å². The van der Waals surface area contributed by atoms with Gasteiger partial charge in [-0.05, 0) is 36.1 Å². The number of carbonyl (C=O) groups is 2. The highest BCUT2D eigenvalue weighted by atomic mass is 16.6. The van der Waals surface area contributed by atoms with Crippen LogP contribution >= 0.6 is 0 Å². The van der Waals surface area contributed by atoms with Gasteiger partial charge in [-0.2, -0.15) is 0 Å². The molecule has 0 aliphatic rings. The molecule has 10 heteroatoms. The number of amides is 2. The number of rotatable bonds is 14. The van der Waals surface area contributed by atoms with Gasteiger partial charge in [0.15, 0.2) is 0 Å². The van der Waals surface area contributed by atoms with Crippen molar-refractivity contribution in [2.75, 3.05) is 13.1 Å². The molecule has 2 aromatic carbocycles. The number of carbonyl (C=O) groups excluding carboxylic acids is 2. The van der Waals surface area contributed by atoms with Crippen molar-refractivity contribution >= 4 is 35.3 Å². The highest BCUT2D eigenvalue weighted by molar-refractivity contribution is 5.92. The number of non-ortho nitro benzene ring substituents is 2. The zero-order valence-corrected chi connectivity index (χ0v) is 19.2. The molecule has 0 saturated heterocycles. The van der Waals surface area contributed by atoms with E-state index in [4.69, 9.17) is 0 Å². The van der Waals surface area contributed by atoms with Crippen LogP contribution in [0.15, 0.2) is 60.7 Å². The first-order valence-corrected chi connectivity index (χ1v) is 11.3. The molecule has 0 bridgehead atoms. The topological polar surface area (TPSA) is 144 Å². The number of hydrogen-bond donors (Lipinski definition) is 2. The lowest BCUT2D eigenvalue weighted by Crippen LogP contribution is -2.22. The summed E-state index contributed by atoms with van der Waals surface area (Å²) < 4.78 is 0. The maximum atomic E-state index is 11.9. The summed E-state index contributed by atoms with van der Waals surface area (Å²) >= 11 is 0. The van der Waals surface area contributed by atoms with Gasteiger partial charge in [-0.15, -0.1) is 0 Å². The molecule has 0 spiro atoms. The number of unbranched alkanes of at least 4 members (excludes halogenated alkanes) is 4. The van der Waals surface area contributed by atoms with E-state index in [9.17, 15) is 29.8 Å². The van der Waals surface area contributed by atoms with E-state index in [1.54, 1.807) is 24.3 Å². The van der Waals surface area contributed by atoms with Gasteiger partial charge in [-0.1, -0.05) is 43.5 Å². The van der Waals surface area contributed by atoms with Gasteiger partial charge in [0.25, 0.3) is 11.4 Å². The van der Waals surface area contributed by atoms with Gasteiger partial charge in [0, 0.05) is 49.5 Å². The number of hydrogen-bond acceptors (Lipinski definition) is 6. The molecule has 2 rings (SSSR count). The molecule has 0 fully saturated rings. The summed E-state index contributed by atoms with van der Waals surface area (Å²) in [6.07, 6.45) is 10.3. The Morgan fingerprint density at radius 1 is 0.686 bits per heavy atom.